The van der Waals surface area contributed by atoms with Crippen molar-refractivity contribution in [3.05, 3.63) is 0 Å². The van der Waals surface area contributed by atoms with E-state index in [1.54, 1.807) is 0 Å². The summed E-state index contributed by atoms with van der Waals surface area (Å²) in [5.74, 6) is 0. The van der Waals surface area contributed by atoms with Crippen molar-refractivity contribution in [2.24, 2.45) is 0 Å². The van der Waals surface area contributed by atoms with Gasteiger partial charge in [-0.25, -0.2) is 19.2 Å². The molecule has 8 N–H and O–H groups in total. The Labute approximate surface area is 205 Å². The van der Waals surface area contributed by atoms with Gasteiger partial charge >= 0.3 is 127 Å². The summed E-state index contributed by atoms with van der Waals surface area (Å²) in [5.41, 5.74) is 0. The van der Waals surface area contributed by atoms with Gasteiger partial charge in [0.2, 0.25) is 0 Å². The molecule has 15 nitrogen and oxygen atoms in total. The number of carbonyl (C=O) groups excluding carboxylic acids is 1. The topological polar surface area (TPSA) is 293 Å². The first-order valence-electron chi connectivity index (χ1n) is 3.22. The zero-order chi connectivity index (χ0) is 17.9. The van der Waals surface area contributed by atoms with E-state index < -0.39 is 30.8 Å². The van der Waals surface area contributed by atoms with E-state index in [0.717, 1.165) is 0 Å². The Balaban J connectivity index is -0.0000000250. The number of hydrogen-bond donors (Lipinski definition) is 8. The minimum Gasteiger partial charge on any atom is -0.652 e. The third-order valence-electron chi connectivity index (χ3n) is 0. The summed E-state index contributed by atoms with van der Waals surface area (Å²) in [5, 5.41) is 72.4. The van der Waals surface area contributed by atoms with Gasteiger partial charge in [-0.1, -0.05) is 0 Å². The SMILES string of the molecule is O=C(O)O.O=C(O)O.O=C(O)O.O=C(O)O.O=C([O-])[O-].[K+].[K+]. The average Bonchev–Trinajstić information content (AvgIpc) is 1.94. The predicted octanol–water partition coefficient (Wildman–Crippen LogP) is -7.55. The Morgan fingerprint density at radius 2 is 0.455 bits per heavy atom. The van der Waals surface area contributed by atoms with E-state index in [-0.39, 0.29) is 103 Å². The Kier molecular flexibility index (Phi) is 72.6. The van der Waals surface area contributed by atoms with Crippen molar-refractivity contribution in [1.29, 1.82) is 0 Å². The van der Waals surface area contributed by atoms with Crippen LogP contribution >= 0.6 is 0 Å². The van der Waals surface area contributed by atoms with E-state index in [1.165, 1.54) is 0 Å². The molecule has 0 heterocycles. The molecule has 0 radical (unpaired) electrons. The van der Waals surface area contributed by atoms with E-state index in [1.807, 2.05) is 0 Å². The first kappa shape index (κ1) is 43.0. The van der Waals surface area contributed by atoms with Gasteiger partial charge in [0.05, 0.1) is 0 Å². The normalized spacial score (nSPS) is 5.45. The van der Waals surface area contributed by atoms with Gasteiger partial charge in [0.25, 0.3) is 0 Å². The van der Waals surface area contributed by atoms with Crippen molar-refractivity contribution >= 4 is 30.8 Å². The molecule has 0 saturated carbocycles. The molecule has 0 aliphatic carbocycles. The van der Waals surface area contributed by atoms with Gasteiger partial charge in [-0.2, -0.15) is 0 Å². The molecule has 0 aromatic carbocycles. The van der Waals surface area contributed by atoms with Crippen LogP contribution in [-0.2, 0) is 0 Å². The van der Waals surface area contributed by atoms with Crippen LogP contribution in [0.5, 0.6) is 0 Å². The third kappa shape index (κ3) is 47800. The molecule has 0 fully saturated rings. The van der Waals surface area contributed by atoms with Crippen LogP contribution in [0.2, 0.25) is 0 Å². The second-order valence-electron chi connectivity index (χ2n) is 1.38. The van der Waals surface area contributed by atoms with Gasteiger partial charge in [0.15, 0.2) is 0 Å². The van der Waals surface area contributed by atoms with Crippen LogP contribution in [-0.4, -0.2) is 71.6 Å². The summed E-state index contributed by atoms with van der Waals surface area (Å²) in [7, 11) is 0. The first-order chi connectivity index (χ1) is 8.66. The Morgan fingerprint density at radius 1 is 0.455 bits per heavy atom. The fourth-order valence-corrected chi connectivity index (χ4v) is 0. The Hall–Kier alpha value is -0.377. The van der Waals surface area contributed by atoms with Crippen molar-refractivity contribution in [3.63, 3.8) is 0 Å². The van der Waals surface area contributed by atoms with E-state index in [9.17, 15) is 0 Å². The van der Waals surface area contributed by atoms with Crippen molar-refractivity contribution in [2.75, 3.05) is 0 Å². The van der Waals surface area contributed by atoms with Crippen molar-refractivity contribution in [2.45, 2.75) is 0 Å². The number of rotatable bonds is 0. The first-order valence-corrected chi connectivity index (χ1v) is 3.22. The van der Waals surface area contributed by atoms with Crippen LogP contribution in [0.4, 0.5) is 24.0 Å². The molecular weight excluding hydrogens is 378 g/mol. The zero-order valence-corrected chi connectivity index (χ0v) is 17.2. The van der Waals surface area contributed by atoms with Gasteiger partial charge in [-0.3, -0.25) is 0 Å². The third-order valence-corrected chi connectivity index (χ3v) is 0. The molecule has 0 bridgehead atoms. The maximum Gasteiger partial charge on any atom is 1.00 e. The van der Waals surface area contributed by atoms with Gasteiger partial charge in [-0.15, -0.1) is 0 Å². The van der Waals surface area contributed by atoms with Crippen molar-refractivity contribution in [3.8, 4) is 0 Å². The molecule has 0 aliphatic heterocycles. The molecule has 0 rings (SSSR count). The number of carboxylic acid groups (broad SMARTS) is 10. The summed E-state index contributed by atoms with van der Waals surface area (Å²) < 4.78 is 0. The molecule has 0 aliphatic rings. The molecule has 0 atom stereocenters. The molecule has 0 aromatic rings. The number of hydrogen-bond acceptors (Lipinski definition) is 7. The van der Waals surface area contributed by atoms with Crippen LogP contribution in [0.25, 0.3) is 0 Å². The molecule has 17 heteroatoms. The van der Waals surface area contributed by atoms with Crippen LogP contribution in [0.1, 0.15) is 0 Å². The van der Waals surface area contributed by atoms with Gasteiger partial charge in [0.1, 0.15) is 0 Å². The minimum atomic E-state index is -2.33. The molecule has 0 amide bonds. The van der Waals surface area contributed by atoms with E-state index >= 15 is 0 Å². The van der Waals surface area contributed by atoms with E-state index in [0.29, 0.717) is 0 Å². The fraction of sp³-hybridized carbons (Fsp3) is 0. The van der Waals surface area contributed by atoms with Crippen molar-refractivity contribution in [1.82, 2.24) is 0 Å². The fourth-order valence-electron chi connectivity index (χ4n) is 0. The van der Waals surface area contributed by atoms with Crippen LogP contribution in [0.3, 0.4) is 0 Å². The maximum atomic E-state index is 8.56. The molecule has 22 heavy (non-hydrogen) atoms. The molecule has 0 aromatic heterocycles. The molecule has 120 valence electrons. The number of carbonyl (C=O) groups is 5. The molecule has 0 saturated heterocycles. The molecule has 0 unspecified atom stereocenters. The summed E-state index contributed by atoms with van der Waals surface area (Å²) >= 11 is 0. The molecule has 0 spiro atoms. The summed E-state index contributed by atoms with van der Waals surface area (Å²) in [6.45, 7) is 0. The monoisotopic (exact) mass is 386 g/mol. The van der Waals surface area contributed by atoms with Gasteiger partial charge in [0, 0.05) is 0 Å². The van der Waals surface area contributed by atoms with Crippen LogP contribution in [0, 0.1) is 0 Å². The van der Waals surface area contributed by atoms with Crippen LogP contribution < -0.4 is 113 Å². The van der Waals surface area contributed by atoms with Gasteiger partial charge in [-0.05, 0) is 6.16 Å². The Bertz CT molecular complexity index is 211. The summed E-state index contributed by atoms with van der Waals surface area (Å²) in [6, 6.07) is 0. The smallest absolute Gasteiger partial charge is 0.652 e. The standard InChI is InChI=1S/5CH2O3.2K/c5*2-1(3)4;;/h5*(H2,2,3,4);;/q;;;;;2*+1/p-2. The minimum absolute atomic E-state index is 0. The van der Waals surface area contributed by atoms with E-state index in [4.69, 9.17) is 75.0 Å². The largest absolute Gasteiger partial charge is 1.00 e. The average molecular weight is 386 g/mol. The van der Waals surface area contributed by atoms with Crippen LogP contribution in [0.15, 0.2) is 0 Å². The predicted molar refractivity (Wildman–Crippen MR) is 48.0 cm³/mol. The quantitative estimate of drug-likeness (QED) is 0.179. The maximum absolute atomic E-state index is 8.56. The summed E-state index contributed by atoms with van der Waals surface area (Å²) in [6.07, 6.45) is -9.67. The zero-order valence-electron chi connectivity index (χ0n) is 10.9. The second kappa shape index (κ2) is 37.1. The molecular formula is C5H8K2O15. The van der Waals surface area contributed by atoms with E-state index in [2.05, 4.69) is 0 Å². The second-order valence-corrected chi connectivity index (χ2v) is 1.38. The summed E-state index contributed by atoms with van der Waals surface area (Å²) in [4.78, 5) is 42.6. The van der Waals surface area contributed by atoms with Crippen molar-refractivity contribution < 1.29 is 178 Å². The van der Waals surface area contributed by atoms with Gasteiger partial charge < -0.3 is 55.9 Å². The Morgan fingerprint density at radius 3 is 0.455 bits per heavy atom.